The molecule has 0 radical (unpaired) electrons. The first kappa shape index (κ1) is 18.6. The van der Waals surface area contributed by atoms with E-state index in [0.29, 0.717) is 6.54 Å². The number of likely N-dealkylation sites (N-methyl/N-ethyl adjacent to an activating group) is 1. The van der Waals surface area contributed by atoms with E-state index in [-0.39, 0.29) is 17.7 Å². The Balaban J connectivity index is 1.90. The fourth-order valence-corrected chi connectivity index (χ4v) is 2.95. The number of carbonyl (C=O) groups excluding carboxylic acids is 1. The number of benzene rings is 1. The molecule has 0 aliphatic carbocycles. The monoisotopic (exact) mass is 340 g/mol. The topological polar surface area (TPSA) is 32.8 Å². The summed E-state index contributed by atoms with van der Waals surface area (Å²) in [5, 5.41) is 0. The van der Waals surface area contributed by atoms with Gasteiger partial charge in [-0.3, -0.25) is 9.69 Å². The summed E-state index contributed by atoms with van der Waals surface area (Å²) in [4.78, 5) is 16.6. The van der Waals surface area contributed by atoms with Crippen LogP contribution in [0.4, 0.5) is 8.78 Å². The minimum atomic E-state index is -2.82. The highest BCUT2D eigenvalue weighted by atomic mass is 19.3. The van der Waals surface area contributed by atoms with Crippen molar-refractivity contribution in [3.8, 4) is 5.75 Å². The summed E-state index contributed by atoms with van der Waals surface area (Å²) in [6, 6.07) is 6.34. The molecule has 1 saturated heterocycles. The number of hydrogen-bond acceptors (Lipinski definition) is 3. The minimum Gasteiger partial charge on any atom is -0.435 e. The number of ether oxygens (including phenoxy) is 1. The maximum atomic E-state index is 12.6. The summed E-state index contributed by atoms with van der Waals surface area (Å²) in [5.74, 6) is 0.308. The van der Waals surface area contributed by atoms with E-state index < -0.39 is 6.61 Å². The lowest BCUT2D eigenvalue weighted by Gasteiger charge is -2.29. The van der Waals surface area contributed by atoms with Gasteiger partial charge in [0.15, 0.2) is 0 Å². The molecule has 134 valence electrons. The van der Waals surface area contributed by atoms with Crippen molar-refractivity contribution in [2.24, 2.45) is 0 Å². The summed E-state index contributed by atoms with van der Waals surface area (Å²) in [6.45, 7) is 1.37. The van der Waals surface area contributed by atoms with Crippen LogP contribution in [0, 0.1) is 0 Å². The van der Waals surface area contributed by atoms with Gasteiger partial charge in [-0.1, -0.05) is 25.0 Å². The van der Waals surface area contributed by atoms with Crippen LogP contribution in [0.25, 0.3) is 0 Å². The van der Waals surface area contributed by atoms with Crippen LogP contribution < -0.4 is 4.74 Å². The number of carbonyl (C=O) groups is 1. The first-order valence-electron chi connectivity index (χ1n) is 8.50. The summed E-state index contributed by atoms with van der Waals surface area (Å²) >= 11 is 0. The smallest absolute Gasteiger partial charge is 0.387 e. The van der Waals surface area contributed by atoms with Crippen molar-refractivity contribution in [2.75, 3.05) is 20.1 Å². The molecule has 2 rings (SSSR count). The second kappa shape index (κ2) is 8.97. The van der Waals surface area contributed by atoms with Gasteiger partial charge in [0.1, 0.15) is 5.75 Å². The normalized spacial score (nSPS) is 17.0. The third kappa shape index (κ3) is 5.44. The average molecular weight is 340 g/mol. The van der Waals surface area contributed by atoms with Gasteiger partial charge < -0.3 is 9.64 Å². The van der Waals surface area contributed by atoms with Crippen molar-refractivity contribution in [3.63, 3.8) is 0 Å². The van der Waals surface area contributed by atoms with Crippen LogP contribution >= 0.6 is 0 Å². The molecule has 0 spiro atoms. The van der Waals surface area contributed by atoms with Crippen LogP contribution in [-0.2, 0) is 11.3 Å². The standard InChI is InChI=1S/C18H26F2N2O2/c1-14(17(23)22-11-5-3-4-6-12-22)21(2)13-15-7-9-16(10-8-15)24-18(19)20/h7-10,14,18H,3-6,11-13H2,1-2H3. The lowest BCUT2D eigenvalue weighted by molar-refractivity contribution is -0.136. The van der Waals surface area contributed by atoms with Gasteiger partial charge in [0.05, 0.1) is 6.04 Å². The molecule has 0 bridgehead atoms. The van der Waals surface area contributed by atoms with Gasteiger partial charge >= 0.3 is 6.61 Å². The quantitative estimate of drug-likeness (QED) is 0.794. The molecule has 1 aliphatic heterocycles. The van der Waals surface area contributed by atoms with Crippen molar-refractivity contribution in [3.05, 3.63) is 29.8 Å². The molecule has 24 heavy (non-hydrogen) atoms. The third-order valence-electron chi connectivity index (χ3n) is 4.52. The molecule has 1 aromatic rings. The van der Waals surface area contributed by atoms with Gasteiger partial charge in [-0.2, -0.15) is 8.78 Å². The number of rotatable bonds is 6. The van der Waals surface area contributed by atoms with Crippen LogP contribution in [0.15, 0.2) is 24.3 Å². The molecule has 1 heterocycles. The molecule has 1 aromatic carbocycles. The Hall–Kier alpha value is -1.69. The van der Waals surface area contributed by atoms with Crippen LogP contribution in [0.3, 0.4) is 0 Å². The van der Waals surface area contributed by atoms with E-state index in [1.807, 2.05) is 23.8 Å². The lowest BCUT2D eigenvalue weighted by atomic mass is 10.1. The molecular formula is C18H26F2N2O2. The van der Waals surface area contributed by atoms with Gasteiger partial charge in [-0.15, -0.1) is 0 Å². The zero-order chi connectivity index (χ0) is 17.5. The Kier molecular flexibility index (Phi) is 6.97. The van der Waals surface area contributed by atoms with E-state index in [1.165, 1.54) is 25.0 Å². The number of amides is 1. The molecule has 1 fully saturated rings. The zero-order valence-corrected chi connectivity index (χ0v) is 14.4. The molecule has 1 aliphatic rings. The Morgan fingerprint density at radius 3 is 2.29 bits per heavy atom. The SMILES string of the molecule is CC(C(=O)N1CCCCCC1)N(C)Cc1ccc(OC(F)F)cc1. The second-order valence-corrected chi connectivity index (χ2v) is 6.35. The van der Waals surface area contributed by atoms with E-state index in [9.17, 15) is 13.6 Å². The Labute approximate surface area is 142 Å². The van der Waals surface area contributed by atoms with Gasteiger partial charge in [-0.05, 0) is 44.5 Å². The number of alkyl halides is 2. The summed E-state index contributed by atoms with van der Waals surface area (Å²) in [7, 11) is 1.91. The van der Waals surface area contributed by atoms with E-state index in [0.717, 1.165) is 31.5 Å². The number of likely N-dealkylation sites (tertiary alicyclic amines) is 1. The number of nitrogens with zero attached hydrogens (tertiary/aromatic N) is 2. The molecular weight excluding hydrogens is 314 g/mol. The highest BCUT2D eigenvalue weighted by Crippen LogP contribution is 2.17. The van der Waals surface area contributed by atoms with Crippen molar-refractivity contribution >= 4 is 5.91 Å². The van der Waals surface area contributed by atoms with Gasteiger partial charge in [0, 0.05) is 19.6 Å². The third-order valence-corrected chi connectivity index (χ3v) is 4.52. The molecule has 1 atom stereocenters. The number of hydrogen-bond donors (Lipinski definition) is 0. The molecule has 0 saturated carbocycles. The molecule has 1 unspecified atom stereocenters. The fourth-order valence-electron chi connectivity index (χ4n) is 2.95. The highest BCUT2D eigenvalue weighted by Gasteiger charge is 2.24. The van der Waals surface area contributed by atoms with Crippen molar-refractivity contribution in [2.45, 2.75) is 51.8 Å². The van der Waals surface area contributed by atoms with Gasteiger partial charge in [0.25, 0.3) is 0 Å². The first-order chi connectivity index (χ1) is 11.5. The van der Waals surface area contributed by atoms with E-state index in [1.54, 1.807) is 12.1 Å². The molecule has 0 aromatic heterocycles. The fraction of sp³-hybridized carbons (Fsp3) is 0.611. The van der Waals surface area contributed by atoms with Crippen LogP contribution in [0.5, 0.6) is 5.75 Å². The maximum absolute atomic E-state index is 12.6. The van der Waals surface area contributed by atoms with Gasteiger partial charge in [0.2, 0.25) is 5.91 Å². The molecule has 1 amide bonds. The van der Waals surface area contributed by atoms with Crippen molar-refractivity contribution < 1.29 is 18.3 Å². The summed E-state index contributed by atoms with van der Waals surface area (Å²) in [6.07, 6.45) is 4.55. The Bertz CT molecular complexity index is 514. The maximum Gasteiger partial charge on any atom is 0.387 e. The summed E-state index contributed by atoms with van der Waals surface area (Å²) in [5.41, 5.74) is 0.953. The predicted octanol–water partition coefficient (Wildman–Crippen LogP) is 3.51. The molecule has 6 heteroatoms. The van der Waals surface area contributed by atoms with Crippen LogP contribution in [-0.4, -0.2) is 48.5 Å². The molecule has 0 N–H and O–H groups in total. The zero-order valence-electron chi connectivity index (χ0n) is 14.4. The highest BCUT2D eigenvalue weighted by molar-refractivity contribution is 5.81. The lowest BCUT2D eigenvalue weighted by Crippen LogP contribution is -2.45. The van der Waals surface area contributed by atoms with Crippen molar-refractivity contribution in [1.29, 1.82) is 0 Å². The predicted molar refractivity (Wildman–Crippen MR) is 89.1 cm³/mol. The number of halogens is 2. The molecule has 4 nitrogen and oxygen atoms in total. The van der Waals surface area contributed by atoms with Crippen LogP contribution in [0.1, 0.15) is 38.2 Å². The second-order valence-electron chi connectivity index (χ2n) is 6.35. The van der Waals surface area contributed by atoms with Gasteiger partial charge in [-0.25, -0.2) is 0 Å². The van der Waals surface area contributed by atoms with E-state index in [4.69, 9.17) is 0 Å². The first-order valence-corrected chi connectivity index (χ1v) is 8.50. The minimum absolute atomic E-state index is 0.144. The Morgan fingerprint density at radius 1 is 1.17 bits per heavy atom. The van der Waals surface area contributed by atoms with Crippen molar-refractivity contribution in [1.82, 2.24) is 9.80 Å². The Morgan fingerprint density at radius 2 is 1.75 bits per heavy atom. The largest absolute Gasteiger partial charge is 0.435 e. The van der Waals surface area contributed by atoms with E-state index in [2.05, 4.69) is 4.74 Å². The van der Waals surface area contributed by atoms with Crippen LogP contribution in [0.2, 0.25) is 0 Å². The summed E-state index contributed by atoms with van der Waals surface area (Å²) < 4.78 is 28.7. The van der Waals surface area contributed by atoms with E-state index >= 15 is 0 Å². The average Bonchev–Trinajstić information content (AvgIpc) is 2.84.